The Balaban J connectivity index is 1.91. The summed E-state index contributed by atoms with van der Waals surface area (Å²) in [6.07, 6.45) is 4.68. The number of aromatic hydroxyl groups is 1. The summed E-state index contributed by atoms with van der Waals surface area (Å²) in [6, 6.07) is 4.66. The topological polar surface area (TPSA) is 104 Å². The van der Waals surface area contributed by atoms with Gasteiger partial charge < -0.3 is 19.3 Å². The van der Waals surface area contributed by atoms with Crippen molar-refractivity contribution in [3.05, 3.63) is 30.9 Å². The maximum Gasteiger partial charge on any atom is 0.347 e. The summed E-state index contributed by atoms with van der Waals surface area (Å²) in [5.41, 5.74) is 0.445. The Kier molecular flexibility index (Phi) is 8.61. The predicted octanol–water partition coefficient (Wildman–Crippen LogP) is 3.15. The number of ether oxygens (including phenoxy) is 3. The van der Waals surface area contributed by atoms with Gasteiger partial charge in [-0.3, -0.25) is 0 Å². The molecule has 0 aliphatic heterocycles. The van der Waals surface area contributed by atoms with Gasteiger partial charge in [0.25, 0.3) is 0 Å². The molecular formula is C20H27N3O5. The standard InChI is InChI=1S/C20H27N3O5/c1-4-6-7-16(26-5-2)11-27-20(25)14(3)28-15-8-9-17(18(24)10-15)19-22-12-21-13-23-19/h8-10,12-14,16,24H,4-7,11H2,1-3H3. The third-order valence-corrected chi connectivity index (χ3v) is 4.04. The average Bonchev–Trinajstić information content (AvgIpc) is 2.70. The molecule has 8 heteroatoms. The smallest absolute Gasteiger partial charge is 0.347 e. The quantitative estimate of drug-likeness (QED) is 0.585. The molecule has 0 saturated heterocycles. The van der Waals surface area contributed by atoms with Gasteiger partial charge in [0, 0.05) is 12.7 Å². The molecule has 0 aliphatic carbocycles. The molecule has 1 N–H and O–H groups in total. The van der Waals surface area contributed by atoms with Crippen LogP contribution in [0.4, 0.5) is 0 Å². The van der Waals surface area contributed by atoms with Crippen molar-refractivity contribution in [2.45, 2.75) is 52.2 Å². The van der Waals surface area contributed by atoms with Crippen LogP contribution in [0, 0.1) is 0 Å². The van der Waals surface area contributed by atoms with Crippen molar-refractivity contribution < 1.29 is 24.1 Å². The molecule has 152 valence electrons. The number of carbonyl (C=O) groups excluding carboxylic acids is 1. The molecule has 1 heterocycles. The molecule has 28 heavy (non-hydrogen) atoms. The number of hydrogen-bond acceptors (Lipinski definition) is 8. The molecule has 0 spiro atoms. The molecule has 0 radical (unpaired) electrons. The minimum atomic E-state index is -0.823. The molecule has 2 aromatic rings. The van der Waals surface area contributed by atoms with E-state index < -0.39 is 12.1 Å². The first-order valence-electron chi connectivity index (χ1n) is 9.45. The summed E-state index contributed by atoms with van der Waals surface area (Å²) in [5.74, 6) is 0.148. The van der Waals surface area contributed by atoms with Gasteiger partial charge >= 0.3 is 5.97 Å². The minimum absolute atomic E-state index is 0.0553. The second kappa shape index (κ2) is 11.2. The first-order chi connectivity index (χ1) is 13.5. The third kappa shape index (κ3) is 6.45. The zero-order valence-corrected chi connectivity index (χ0v) is 16.5. The molecule has 8 nitrogen and oxygen atoms in total. The number of aromatic nitrogens is 3. The SMILES string of the molecule is CCCCC(COC(=O)C(C)Oc1ccc(-c2ncncn2)c(O)c1)OCC. The molecule has 0 bridgehead atoms. The van der Waals surface area contributed by atoms with Crippen molar-refractivity contribution in [3.63, 3.8) is 0 Å². The van der Waals surface area contributed by atoms with Gasteiger partial charge in [0.1, 0.15) is 30.8 Å². The molecule has 0 fully saturated rings. The largest absolute Gasteiger partial charge is 0.507 e. The van der Waals surface area contributed by atoms with Crippen molar-refractivity contribution in [1.82, 2.24) is 15.0 Å². The van der Waals surface area contributed by atoms with Crippen molar-refractivity contribution in [3.8, 4) is 22.9 Å². The van der Waals surface area contributed by atoms with Crippen molar-refractivity contribution in [2.24, 2.45) is 0 Å². The summed E-state index contributed by atoms with van der Waals surface area (Å²) < 4.78 is 16.5. The van der Waals surface area contributed by atoms with E-state index in [1.807, 2.05) is 6.92 Å². The van der Waals surface area contributed by atoms with Crippen LogP contribution in [-0.2, 0) is 14.3 Å². The van der Waals surface area contributed by atoms with E-state index in [4.69, 9.17) is 14.2 Å². The number of phenolic OH excluding ortho intramolecular Hbond substituents is 1. The number of phenols is 1. The monoisotopic (exact) mass is 389 g/mol. The van der Waals surface area contributed by atoms with Crippen molar-refractivity contribution in [2.75, 3.05) is 13.2 Å². The molecule has 0 saturated carbocycles. The van der Waals surface area contributed by atoms with Gasteiger partial charge in [-0.25, -0.2) is 19.7 Å². The maximum atomic E-state index is 12.2. The highest BCUT2D eigenvalue weighted by atomic mass is 16.6. The van der Waals surface area contributed by atoms with E-state index in [2.05, 4.69) is 21.9 Å². The molecule has 1 aromatic carbocycles. The molecule has 2 rings (SSSR count). The van der Waals surface area contributed by atoms with Crippen LogP contribution >= 0.6 is 0 Å². The number of rotatable bonds is 11. The van der Waals surface area contributed by atoms with Crippen LogP contribution in [0.3, 0.4) is 0 Å². The Morgan fingerprint density at radius 2 is 1.96 bits per heavy atom. The molecule has 1 aromatic heterocycles. The highest BCUT2D eigenvalue weighted by Gasteiger charge is 2.20. The van der Waals surface area contributed by atoms with Gasteiger partial charge in [0.15, 0.2) is 11.9 Å². The Labute approximate surface area is 164 Å². The Hall–Kier alpha value is -2.74. The second-order valence-corrected chi connectivity index (χ2v) is 6.25. The molecule has 0 aliphatic rings. The van der Waals surface area contributed by atoms with Crippen LogP contribution in [-0.4, -0.2) is 51.4 Å². The predicted molar refractivity (Wildman–Crippen MR) is 103 cm³/mol. The maximum absolute atomic E-state index is 12.2. The lowest BCUT2D eigenvalue weighted by molar-refractivity contribution is -0.155. The lowest BCUT2D eigenvalue weighted by Crippen LogP contribution is -2.30. The average molecular weight is 389 g/mol. The zero-order valence-electron chi connectivity index (χ0n) is 16.5. The fraction of sp³-hybridized carbons (Fsp3) is 0.500. The van der Waals surface area contributed by atoms with Crippen LogP contribution in [0.25, 0.3) is 11.4 Å². The number of hydrogen-bond donors (Lipinski definition) is 1. The number of carbonyl (C=O) groups is 1. The van der Waals surface area contributed by atoms with Gasteiger partial charge in [0.05, 0.1) is 11.7 Å². The molecule has 2 unspecified atom stereocenters. The first kappa shape index (κ1) is 21.6. The first-order valence-corrected chi connectivity index (χ1v) is 9.45. The normalized spacial score (nSPS) is 13.0. The third-order valence-electron chi connectivity index (χ3n) is 4.04. The summed E-state index contributed by atoms with van der Waals surface area (Å²) in [5, 5.41) is 10.2. The van der Waals surface area contributed by atoms with Gasteiger partial charge in [-0.05, 0) is 32.4 Å². The zero-order chi connectivity index (χ0) is 20.4. The number of benzene rings is 1. The number of nitrogens with zero attached hydrogens (tertiary/aromatic N) is 3. The summed E-state index contributed by atoms with van der Waals surface area (Å²) in [4.78, 5) is 24.0. The number of unbranched alkanes of at least 4 members (excludes halogenated alkanes) is 1. The molecule has 0 amide bonds. The van der Waals surface area contributed by atoms with Crippen LogP contribution in [0.1, 0.15) is 40.0 Å². The fourth-order valence-corrected chi connectivity index (χ4v) is 2.58. The van der Waals surface area contributed by atoms with Gasteiger partial charge in [-0.2, -0.15) is 0 Å². The van der Waals surface area contributed by atoms with Crippen LogP contribution in [0.2, 0.25) is 0 Å². The summed E-state index contributed by atoms with van der Waals surface area (Å²) >= 11 is 0. The van der Waals surface area contributed by atoms with Gasteiger partial charge in [-0.15, -0.1) is 0 Å². The van der Waals surface area contributed by atoms with E-state index in [0.29, 0.717) is 23.7 Å². The molecule has 2 atom stereocenters. The van der Waals surface area contributed by atoms with Crippen LogP contribution in [0.15, 0.2) is 30.9 Å². The lowest BCUT2D eigenvalue weighted by atomic mass is 10.2. The van der Waals surface area contributed by atoms with Crippen molar-refractivity contribution in [1.29, 1.82) is 0 Å². The highest BCUT2D eigenvalue weighted by molar-refractivity contribution is 5.74. The summed E-state index contributed by atoms with van der Waals surface area (Å²) in [7, 11) is 0. The Morgan fingerprint density at radius 1 is 1.21 bits per heavy atom. The van der Waals surface area contributed by atoms with Gasteiger partial charge in [-0.1, -0.05) is 19.8 Å². The van der Waals surface area contributed by atoms with Crippen LogP contribution in [0.5, 0.6) is 11.5 Å². The highest BCUT2D eigenvalue weighted by Crippen LogP contribution is 2.30. The summed E-state index contributed by atoms with van der Waals surface area (Å²) in [6.45, 7) is 6.39. The fourth-order valence-electron chi connectivity index (χ4n) is 2.58. The van der Waals surface area contributed by atoms with E-state index >= 15 is 0 Å². The van der Waals surface area contributed by atoms with E-state index in [1.54, 1.807) is 19.1 Å². The minimum Gasteiger partial charge on any atom is -0.507 e. The van der Waals surface area contributed by atoms with E-state index in [-0.39, 0.29) is 18.5 Å². The molecular weight excluding hydrogens is 362 g/mol. The van der Waals surface area contributed by atoms with E-state index in [1.165, 1.54) is 18.7 Å². The van der Waals surface area contributed by atoms with Crippen LogP contribution < -0.4 is 4.74 Å². The second-order valence-electron chi connectivity index (χ2n) is 6.25. The number of esters is 1. The Bertz CT molecular complexity index is 742. The van der Waals surface area contributed by atoms with E-state index in [0.717, 1.165) is 19.3 Å². The van der Waals surface area contributed by atoms with Crippen molar-refractivity contribution >= 4 is 5.97 Å². The van der Waals surface area contributed by atoms with E-state index in [9.17, 15) is 9.90 Å². The Morgan fingerprint density at radius 3 is 2.61 bits per heavy atom. The van der Waals surface area contributed by atoms with Gasteiger partial charge in [0.2, 0.25) is 0 Å². The lowest BCUT2D eigenvalue weighted by Gasteiger charge is -2.19.